The van der Waals surface area contributed by atoms with Crippen molar-refractivity contribution in [2.75, 3.05) is 6.07 Å². The minimum atomic E-state index is -0.557. The highest BCUT2D eigenvalue weighted by Gasteiger charge is 2.36. The summed E-state index contributed by atoms with van der Waals surface area (Å²) in [5.41, 5.74) is 0. The quantitative estimate of drug-likeness (QED) is 0.375. The second kappa shape index (κ2) is 3.90. The van der Waals surface area contributed by atoms with Crippen LogP contribution in [0, 0.1) is 11.8 Å². The third-order valence-corrected chi connectivity index (χ3v) is 2.17. The molecular formula is C8H11ClO3. The fraction of sp³-hybridized carbons (Fsp3) is 0.750. The van der Waals surface area contributed by atoms with Crippen LogP contribution in [0.15, 0.2) is 0 Å². The summed E-state index contributed by atoms with van der Waals surface area (Å²) in [6.45, 7) is 1.95. The van der Waals surface area contributed by atoms with E-state index in [9.17, 15) is 9.59 Å². The topological polar surface area (TPSA) is 43.4 Å². The van der Waals surface area contributed by atoms with Crippen LogP contribution >= 0.6 is 11.6 Å². The molecule has 4 heteroatoms. The lowest BCUT2D eigenvalue weighted by atomic mass is 10.1. The lowest BCUT2D eigenvalue weighted by Gasteiger charge is -2.05. The van der Waals surface area contributed by atoms with Gasteiger partial charge >= 0.3 is 5.97 Å². The molecule has 0 aliphatic heterocycles. The van der Waals surface area contributed by atoms with Crippen molar-refractivity contribution >= 4 is 23.4 Å². The van der Waals surface area contributed by atoms with Gasteiger partial charge in [-0.3, -0.25) is 9.59 Å². The highest BCUT2D eigenvalue weighted by molar-refractivity contribution is 6.17. The molecule has 68 valence electrons. The van der Waals surface area contributed by atoms with Gasteiger partial charge in [-0.2, -0.15) is 0 Å². The SMILES string of the molecule is CC1CC(=O)C(C(=O)OCCl)C1. The second-order valence-electron chi connectivity index (χ2n) is 3.14. The largest absolute Gasteiger partial charge is 0.449 e. The number of hydrogen-bond acceptors (Lipinski definition) is 3. The van der Waals surface area contributed by atoms with E-state index in [1.807, 2.05) is 6.92 Å². The van der Waals surface area contributed by atoms with Crippen LogP contribution in [0.1, 0.15) is 19.8 Å². The van der Waals surface area contributed by atoms with Gasteiger partial charge in [0.15, 0.2) is 6.07 Å². The molecule has 0 heterocycles. The number of halogens is 1. The summed E-state index contributed by atoms with van der Waals surface area (Å²) < 4.78 is 4.55. The van der Waals surface area contributed by atoms with E-state index in [0.29, 0.717) is 18.8 Å². The number of ketones is 1. The first-order chi connectivity index (χ1) is 5.65. The van der Waals surface area contributed by atoms with E-state index < -0.39 is 11.9 Å². The first-order valence-electron chi connectivity index (χ1n) is 3.90. The molecule has 0 aromatic carbocycles. The molecular weight excluding hydrogens is 180 g/mol. The summed E-state index contributed by atoms with van der Waals surface area (Å²) in [6.07, 6.45) is 1.09. The maximum absolute atomic E-state index is 11.2. The second-order valence-corrected chi connectivity index (χ2v) is 3.35. The van der Waals surface area contributed by atoms with Gasteiger partial charge < -0.3 is 4.74 Å². The normalized spacial score (nSPS) is 29.0. The number of carbonyl (C=O) groups excluding carboxylic acids is 2. The van der Waals surface area contributed by atoms with Gasteiger partial charge in [0.2, 0.25) is 0 Å². The highest BCUT2D eigenvalue weighted by atomic mass is 35.5. The Kier molecular flexibility index (Phi) is 3.09. The van der Waals surface area contributed by atoms with Crippen LogP contribution < -0.4 is 0 Å². The van der Waals surface area contributed by atoms with Crippen molar-refractivity contribution in [2.45, 2.75) is 19.8 Å². The number of carbonyl (C=O) groups is 2. The van der Waals surface area contributed by atoms with Gasteiger partial charge in [0, 0.05) is 6.42 Å². The summed E-state index contributed by atoms with van der Waals surface area (Å²) in [4.78, 5) is 22.2. The molecule has 0 saturated heterocycles. The number of rotatable bonds is 2. The predicted molar refractivity (Wildman–Crippen MR) is 43.7 cm³/mol. The third-order valence-electron chi connectivity index (χ3n) is 2.06. The van der Waals surface area contributed by atoms with Gasteiger partial charge in [-0.25, -0.2) is 0 Å². The molecule has 1 saturated carbocycles. The van der Waals surface area contributed by atoms with Crippen molar-refractivity contribution in [2.24, 2.45) is 11.8 Å². The Hall–Kier alpha value is -0.570. The van der Waals surface area contributed by atoms with E-state index in [-0.39, 0.29) is 11.8 Å². The first-order valence-corrected chi connectivity index (χ1v) is 4.44. The van der Waals surface area contributed by atoms with E-state index in [1.165, 1.54) is 0 Å². The van der Waals surface area contributed by atoms with Crippen molar-refractivity contribution in [3.63, 3.8) is 0 Å². The highest BCUT2D eigenvalue weighted by Crippen LogP contribution is 2.28. The molecule has 1 fully saturated rings. The molecule has 1 aliphatic carbocycles. The molecule has 1 aliphatic rings. The summed E-state index contributed by atoms with van der Waals surface area (Å²) in [6, 6.07) is -0.170. The Labute approximate surface area is 76.0 Å². The number of esters is 1. The summed E-state index contributed by atoms with van der Waals surface area (Å²) >= 11 is 5.20. The molecule has 0 spiro atoms. The minimum Gasteiger partial charge on any atom is -0.449 e. The molecule has 3 nitrogen and oxygen atoms in total. The summed E-state index contributed by atoms with van der Waals surface area (Å²) in [5.74, 6) is -0.749. The van der Waals surface area contributed by atoms with E-state index in [2.05, 4.69) is 4.74 Å². The standard InChI is InChI=1S/C8H11ClO3/c1-5-2-6(7(10)3-5)8(11)12-4-9/h5-6H,2-4H2,1H3. The zero-order valence-corrected chi connectivity index (χ0v) is 7.63. The molecule has 0 aromatic rings. The number of hydrogen-bond donors (Lipinski definition) is 0. The predicted octanol–water partition coefficient (Wildman–Crippen LogP) is 1.34. The van der Waals surface area contributed by atoms with Crippen molar-refractivity contribution in [1.29, 1.82) is 0 Å². The van der Waals surface area contributed by atoms with Crippen LogP contribution in [-0.4, -0.2) is 17.8 Å². The third kappa shape index (κ3) is 1.97. The Balaban J connectivity index is 2.52. The van der Waals surface area contributed by atoms with Gasteiger partial charge in [-0.15, -0.1) is 0 Å². The van der Waals surface area contributed by atoms with Crippen LogP contribution in [0.25, 0.3) is 0 Å². The van der Waals surface area contributed by atoms with Gasteiger partial charge in [-0.1, -0.05) is 18.5 Å². The fourth-order valence-electron chi connectivity index (χ4n) is 1.48. The minimum absolute atomic E-state index is 0.0161. The smallest absolute Gasteiger partial charge is 0.317 e. The monoisotopic (exact) mass is 190 g/mol. The van der Waals surface area contributed by atoms with E-state index in [0.717, 1.165) is 0 Å². The molecule has 0 radical (unpaired) electrons. The Bertz CT molecular complexity index is 202. The first kappa shape index (κ1) is 9.52. The molecule has 12 heavy (non-hydrogen) atoms. The molecule has 1 rings (SSSR count). The van der Waals surface area contributed by atoms with Gasteiger partial charge in [-0.05, 0) is 12.3 Å². The summed E-state index contributed by atoms with van der Waals surface area (Å²) in [7, 11) is 0. The number of ether oxygens (including phenoxy) is 1. The van der Waals surface area contributed by atoms with Crippen LogP contribution in [0.4, 0.5) is 0 Å². The zero-order chi connectivity index (χ0) is 9.14. The van der Waals surface area contributed by atoms with Crippen LogP contribution in [-0.2, 0) is 14.3 Å². The maximum Gasteiger partial charge on any atom is 0.317 e. The van der Waals surface area contributed by atoms with Crippen molar-refractivity contribution in [1.82, 2.24) is 0 Å². The molecule has 0 N–H and O–H groups in total. The van der Waals surface area contributed by atoms with Gasteiger partial charge in [0.1, 0.15) is 11.7 Å². The van der Waals surface area contributed by atoms with Crippen LogP contribution in [0.3, 0.4) is 0 Å². The van der Waals surface area contributed by atoms with Gasteiger partial charge in [0.25, 0.3) is 0 Å². The average Bonchev–Trinajstić information content (AvgIpc) is 2.30. The van der Waals surface area contributed by atoms with Crippen molar-refractivity contribution in [3.8, 4) is 0 Å². The number of alkyl halides is 1. The zero-order valence-electron chi connectivity index (χ0n) is 6.88. The summed E-state index contributed by atoms with van der Waals surface area (Å²) in [5, 5.41) is 0. The van der Waals surface area contributed by atoms with Crippen LogP contribution in [0.5, 0.6) is 0 Å². The van der Waals surface area contributed by atoms with E-state index >= 15 is 0 Å². The fourth-order valence-corrected chi connectivity index (χ4v) is 1.59. The molecule has 2 unspecified atom stereocenters. The Morgan fingerprint density at radius 3 is 2.83 bits per heavy atom. The lowest BCUT2D eigenvalue weighted by Crippen LogP contribution is -2.20. The van der Waals surface area contributed by atoms with Crippen LogP contribution in [0.2, 0.25) is 0 Å². The van der Waals surface area contributed by atoms with Crippen molar-refractivity contribution in [3.05, 3.63) is 0 Å². The van der Waals surface area contributed by atoms with Crippen molar-refractivity contribution < 1.29 is 14.3 Å². The van der Waals surface area contributed by atoms with E-state index in [4.69, 9.17) is 11.6 Å². The maximum atomic E-state index is 11.2. The molecule has 2 atom stereocenters. The Morgan fingerprint density at radius 1 is 1.75 bits per heavy atom. The number of Topliss-reactive ketones (excluding diaryl/α,β-unsaturated/α-hetero) is 1. The average molecular weight is 191 g/mol. The lowest BCUT2D eigenvalue weighted by molar-refractivity contribution is -0.149. The molecule has 0 aromatic heterocycles. The van der Waals surface area contributed by atoms with Gasteiger partial charge in [0.05, 0.1) is 0 Å². The molecule has 0 bridgehead atoms. The van der Waals surface area contributed by atoms with E-state index in [1.54, 1.807) is 0 Å². The Morgan fingerprint density at radius 2 is 2.42 bits per heavy atom. The molecule has 0 amide bonds.